The highest BCUT2D eigenvalue weighted by molar-refractivity contribution is 5.90. The van der Waals surface area contributed by atoms with E-state index in [9.17, 15) is 18.0 Å². The van der Waals surface area contributed by atoms with Gasteiger partial charge in [-0.1, -0.05) is 37.3 Å². The molecule has 0 saturated heterocycles. The first-order valence-electron chi connectivity index (χ1n) is 9.47. The van der Waals surface area contributed by atoms with Crippen LogP contribution in [0.4, 0.5) is 18.9 Å². The van der Waals surface area contributed by atoms with Crippen molar-refractivity contribution in [2.45, 2.75) is 39.2 Å². The zero-order valence-electron chi connectivity index (χ0n) is 16.8. The summed E-state index contributed by atoms with van der Waals surface area (Å²) < 4.78 is 41.6. The van der Waals surface area contributed by atoms with Gasteiger partial charge >= 0.3 is 6.36 Å². The first-order valence-corrected chi connectivity index (χ1v) is 9.47. The lowest BCUT2D eigenvalue weighted by Crippen LogP contribution is -2.36. The molecule has 0 aliphatic heterocycles. The van der Waals surface area contributed by atoms with Gasteiger partial charge in [-0.3, -0.25) is 9.79 Å². The SMILES string of the molecule is CCCC(=O)Nc1ccc(CNC(=NC)NCc2ccccc2OC(F)(F)F)cc1. The average molecular weight is 422 g/mol. The van der Waals surface area contributed by atoms with Crippen molar-refractivity contribution in [2.24, 2.45) is 4.99 Å². The van der Waals surface area contributed by atoms with Crippen molar-refractivity contribution in [3.05, 3.63) is 59.7 Å². The molecule has 0 saturated carbocycles. The van der Waals surface area contributed by atoms with Crippen molar-refractivity contribution >= 4 is 17.6 Å². The van der Waals surface area contributed by atoms with Crippen LogP contribution in [0.25, 0.3) is 0 Å². The van der Waals surface area contributed by atoms with Crippen LogP contribution in [0.5, 0.6) is 5.75 Å². The van der Waals surface area contributed by atoms with Crippen molar-refractivity contribution < 1.29 is 22.7 Å². The number of carbonyl (C=O) groups is 1. The van der Waals surface area contributed by atoms with Gasteiger partial charge in [0.25, 0.3) is 0 Å². The molecule has 6 nitrogen and oxygen atoms in total. The predicted molar refractivity (Wildman–Crippen MR) is 110 cm³/mol. The van der Waals surface area contributed by atoms with Crippen LogP contribution >= 0.6 is 0 Å². The minimum atomic E-state index is -4.75. The lowest BCUT2D eigenvalue weighted by atomic mass is 10.2. The van der Waals surface area contributed by atoms with Gasteiger partial charge in [0.2, 0.25) is 5.91 Å². The molecule has 2 rings (SSSR count). The highest BCUT2D eigenvalue weighted by atomic mass is 19.4. The zero-order valence-corrected chi connectivity index (χ0v) is 16.8. The number of nitrogens with zero attached hydrogens (tertiary/aromatic N) is 1. The van der Waals surface area contributed by atoms with Gasteiger partial charge in [0.1, 0.15) is 5.75 Å². The molecule has 0 aliphatic rings. The van der Waals surface area contributed by atoms with E-state index in [0.29, 0.717) is 24.5 Å². The summed E-state index contributed by atoms with van der Waals surface area (Å²) in [5.41, 5.74) is 2.03. The Balaban J connectivity index is 1.88. The van der Waals surface area contributed by atoms with Gasteiger partial charge in [0.05, 0.1) is 0 Å². The van der Waals surface area contributed by atoms with Crippen LogP contribution in [0, 0.1) is 0 Å². The molecule has 2 aromatic carbocycles. The van der Waals surface area contributed by atoms with Gasteiger partial charge in [-0.25, -0.2) is 0 Å². The number of benzene rings is 2. The smallest absolute Gasteiger partial charge is 0.405 e. The Morgan fingerprint density at radius 1 is 1.03 bits per heavy atom. The molecule has 0 bridgehead atoms. The third-order valence-electron chi connectivity index (χ3n) is 4.04. The van der Waals surface area contributed by atoms with E-state index in [1.807, 2.05) is 31.2 Å². The Morgan fingerprint density at radius 2 is 1.70 bits per heavy atom. The normalized spacial score (nSPS) is 11.7. The Hall–Kier alpha value is -3.23. The maximum Gasteiger partial charge on any atom is 0.573 e. The molecule has 0 aromatic heterocycles. The van der Waals surface area contributed by atoms with Gasteiger partial charge in [0.15, 0.2) is 5.96 Å². The molecule has 1 amide bonds. The quantitative estimate of drug-likeness (QED) is 0.441. The van der Waals surface area contributed by atoms with Gasteiger partial charge in [-0.15, -0.1) is 13.2 Å². The topological polar surface area (TPSA) is 74.8 Å². The fourth-order valence-electron chi connectivity index (χ4n) is 2.62. The molecular weight excluding hydrogens is 397 g/mol. The number of hydrogen-bond donors (Lipinski definition) is 3. The highest BCUT2D eigenvalue weighted by Gasteiger charge is 2.31. The van der Waals surface area contributed by atoms with E-state index < -0.39 is 6.36 Å². The maximum absolute atomic E-state index is 12.5. The molecule has 2 aromatic rings. The molecule has 0 heterocycles. The number of para-hydroxylation sites is 1. The second kappa shape index (κ2) is 11.1. The second-order valence-electron chi connectivity index (χ2n) is 6.43. The Morgan fingerprint density at radius 3 is 2.33 bits per heavy atom. The molecule has 0 aliphatic carbocycles. The number of anilines is 1. The molecule has 0 fully saturated rings. The molecule has 0 spiro atoms. The van der Waals surface area contributed by atoms with E-state index in [0.717, 1.165) is 17.7 Å². The molecule has 9 heteroatoms. The van der Waals surface area contributed by atoms with Crippen LogP contribution in [0.2, 0.25) is 0 Å². The number of rotatable bonds is 8. The molecule has 0 unspecified atom stereocenters. The number of halogens is 3. The monoisotopic (exact) mass is 422 g/mol. The van der Waals surface area contributed by atoms with Gasteiger partial charge in [-0.2, -0.15) is 0 Å². The molecule has 0 radical (unpaired) electrons. The van der Waals surface area contributed by atoms with E-state index in [1.165, 1.54) is 12.1 Å². The summed E-state index contributed by atoms with van der Waals surface area (Å²) in [6, 6.07) is 13.3. The van der Waals surface area contributed by atoms with E-state index in [1.54, 1.807) is 19.2 Å². The lowest BCUT2D eigenvalue weighted by Gasteiger charge is -2.15. The first kappa shape index (κ1) is 23.1. The third kappa shape index (κ3) is 8.02. The largest absolute Gasteiger partial charge is 0.573 e. The first-order chi connectivity index (χ1) is 14.3. The van der Waals surface area contributed by atoms with Gasteiger partial charge in [0, 0.05) is 37.8 Å². The fraction of sp³-hybridized carbons (Fsp3) is 0.333. The molecule has 30 heavy (non-hydrogen) atoms. The van der Waals surface area contributed by atoms with E-state index in [2.05, 4.69) is 25.7 Å². The van der Waals surface area contributed by atoms with E-state index >= 15 is 0 Å². The summed E-state index contributed by atoms with van der Waals surface area (Å²) in [4.78, 5) is 15.7. The van der Waals surface area contributed by atoms with E-state index in [-0.39, 0.29) is 18.2 Å². The number of ether oxygens (including phenoxy) is 1. The summed E-state index contributed by atoms with van der Waals surface area (Å²) in [6.07, 6.45) is -3.49. The third-order valence-corrected chi connectivity index (χ3v) is 4.04. The Labute approximate surface area is 173 Å². The van der Waals surface area contributed by atoms with Crippen LogP contribution in [-0.2, 0) is 17.9 Å². The van der Waals surface area contributed by atoms with Crippen molar-refractivity contribution in [1.82, 2.24) is 10.6 Å². The van der Waals surface area contributed by atoms with Crippen molar-refractivity contribution in [1.29, 1.82) is 0 Å². The standard InChI is InChI=1S/C21H25F3N4O2/c1-3-6-19(29)28-17-11-9-15(10-12-17)13-26-20(25-2)27-14-16-7-4-5-8-18(16)30-21(22,23)24/h4-5,7-12H,3,6,13-14H2,1-2H3,(H,28,29)(H2,25,26,27). The maximum atomic E-state index is 12.5. The summed E-state index contributed by atoms with van der Waals surface area (Å²) in [6.45, 7) is 2.50. The van der Waals surface area contributed by atoms with Crippen LogP contribution in [0.15, 0.2) is 53.5 Å². The minimum absolute atomic E-state index is 0.0252. The summed E-state index contributed by atoms with van der Waals surface area (Å²) >= 11 is 0. The number of nitrogens with one attached hydrogen (secondary N) is 3. The van der Waals surface area contributed by atoms with Crippen LogP contribution < -0.4 is 20.7 Å². The summed E-state index contributed by atoms with van der Waals surface area (Å²) in [5.74, 6) is 0.147. The van der Waals surface area contributed by atoms with Crippen molar-refractivity contribution in [3.63, 3.8) is 0 Å². The number of carbonyl (C=O) groups excluding carboxylic acids is 1. The highest BCUT2D eigenvalue weighted by Crippen LogP contribution is 2.26. The van der Waals surface area contributed by atoms with Gasteiger partial charge < -0.3 is 20.7 Å². The van der Waals surface area contributed by atoms with Crippen LogP contribution in [0.3, 0.4) is 0 Å². The number of alkyl halides is 3. The van der Waals surface area contributed by atoms with Crippen LogP contribution in [-0.4, -0.2) is 25.3 Å². The molecule has 0 atom stereocenters. The lowest BCUT2D eigenvalue weighted by molar-refractivity contribution is -0.274. The average Bonchev–Trinajstić information content (AvgIpc) is 2.69. The van der Waals surface area contributed by atoms with E-state index in [4.69, 9.17) is 0 Å². The predicted octanol–water partition coefficient (Wildman–Crippen LogP) is 4.19. The number of guanidine groups is 1. The number of amides is 1. The van der Waals surface area contributed by atoms with Crippen molar-refractivity contribution in [2.75, 3.05) is 12.4 Å². The zero-order chi connectivity index (χ0) is 22.0. The van der Waals surface area contributed by atoms with Crippen LogP contribution in [0.1, 0.15) is 30.9 Å². The molecular formula is C21H25F3N4O2. The molecule has 3 N–H and O–H groups in total. The van der Waals surface area contributed by atoms with Crippen molar-refractivity contribution in [3.8, 4) is 5.75 Å². The number of aliphatic imine (C=N–C) groups is 1. The minimum Gasteiger partial charge on any atom is -0.405 e. The second-order valence-corrected chi connectivity index (χ2v) is 6.43. The Kier molecular flexibility index (Phi) is 8.52. The molecule has 162 valence electrons. The summed E-state index contributed by atoms with van der Waals surface area (Å²) in [7, 11) is 1.57. The fourth-order valence-corrected chi connectivity index (χ4v) is 2.62. The van der Waals surface area contributed by atoms with Gasteiger partial charge in [-0.05, 0) is 30.2 Å². The Bertz CT molecular complexity index is 852. The summed E-state index contributed by atoms with van der Waals surface area (Å²) in [5, 5.41) is 8.88. The number of hydrogen-bond acceptors (Lipinski definition) is 3.